The van der Waals surface area contributed by atoms with Gasteiger partial charge in [-0.2, -0.15) is 22.0 Å². The molecular weight excluding hydrogens is 419 g/mol. The van der Waals surface area contributed by atoms with E-state index in [0.717, 1.165) is 17.2 Å². The molecule has 0 amide bonds. The Kier molecular flexibility index (Phi) is 5.72. The van der Waals surface area contributed by atoms with Crippen molar-refractivity contribution in [3.63, 3.8) is 0 Å². The molecule has 1 aliphatic carbocycles. The van der Waals surface area contributed by atoms with Crippen molar-refractivity contribution in [3.8, 4) is 5.75 Å². The second-order valence-corrected chi connectivity index (χ2v) is 8.11. The number of sulfonamides is 1. The van der Waals surface area contributed by atoms with Crippen molar-refractivity contribution in [2.24, 2.45) is 5.14 Å². The molecule has 1 unspecified atom stereocenters. The molecule has 0 bridgehead atoms. The molecule has 0 aromatic heterocycles. The summed E-state index contributed by atoms with van der Waals surface area (Å²) in [5.41, 5.74) is 0.211. The summed E-state index contributed by atoms with van der Waals surface area (Å²) < 4.78 is 92.0. The first-order chi connectivity index (χ1) is 13.4. The van der Waals surface area contributed by atoms with Crippen molar-refractivity contribution < 1.29 is 35.1 Å². The third-order valence-corrected chi connectivity index (χ3v) is 5.56. The number of anilines is 1. The van der Waals surface area contributed by atoms with E-state index in [1.165, 1.54) is 18.2 Å². The molecule has 0 spiro atoms. The minimum absolute atomic E-state index is 0.0104. The standard InChI is InChI=1S/C18H17F5N2O3S/c19-17(20)28-12-5-6-13-10(8-12)2-1-3-15(13)25-11-4-7-16(29(24,26)27)14(9-11)18(21,22)23/h4-9,15,17,25H,1-3H2,(H2,24,26,27). The van der Waals surface area contributed by atoms with E-state index >= 15 is 0 Å². The lowest BCUT2D eigenvalue weighted by Gasteiger charge is -2.28. The predicted octanol–water partition coefficient (Wildman–Crippen LogP) is 4.44. The minimum atomic E-state index is -4.91. The average Bonchev–Trinajstić information content (AvgIpc) is 2.59. The molecule has 11 heteroatoms. The van der Waals surface area contributed by atoms with Gasteiger partial charge in [0, 0.05) is 5.69 Å². The van der Waals surface area contributed by atoms with Gasteiger partial charge in [0.25, 0.3) is 0 Å². The van der Waals surface area contributed by atoms with Crippen molar-refractivity contribution in [3.05, 3.63) is 53.1 Å². The molecular formula is C18H17F5N2O3S. The van der Waals surface area contributed by atoms with E-state index in [9.17, 15) is 30.4 Å². The van der Waals surface area contributed by atoms with E-state index in [4.69, 9.17) is 5.14 Å². The number of rotatable bonds is 5. The first-order valence-corrected chi connectivity index (χ1v) is 10.1. The normalized spacial score (nSPS) is 17.1. The van der Waals surface area contributed by atoms with E-state index in [2.05, 4.69) is 10.1 Å². The molecule has 0 saturated heterocycles. The maximum atomic E-state index is 13.3. The Morgan fingerprint density at radius 1 is 1.14 bits per heavy atom. The molecule has 2 aromatic rings. The summed E-state index contributed by atoms with van der Waals surface area (Å²) in [6, 6.07) is 6.79. The van der Waals surface area contributed by atoms with Crippen LogP contribution in [0.5, 0.6) is 5.75 Å². The summed E-state index contributed by atoms with van der Waals surface area (Å²) in [5, 5.41) is 7.85. The maximum absolute atomic E-state index is 13.3. The Labute approximate surface area is 163 Å². The monoisotopic (exact) mass is 436 g/mol. The zero-order valence-electron chi connectivity index (χ0n) is 14.8. The number of hydrogen-bond acceptors (Lipinski definition) is 4. The lowest BCUT2D eigenvalue weighted by Crippen LogP contribution is -2.21. The molecule has 5 nitrogen and oxygen atoms in total. The van der Waals surface area contributed by atoms with Gasteiger partial charge < -0.3 is 10.1 Å². The number of primary sulfonamides is 1. The highest BCUT2D eigenvalue weighted by molar-refractivity contribution is 7.89. The molecule has 1 aliphatic rings. The van der Waals surface area contributed by atoms with Gasteiger partial charge >= 0.3 is 12.8 Å². The minimum Gasteiger partial charge on any atom is -0.435 e. The average molecular weight is 436 g/mol. The number of benzene rings is 2. The van der Waals surface area contributed by atoms with Gasteiger partial charge in [-0.1, -0.05) is 6.07 Å². The highest BCUT2D eigenvalue weighted by Crippen LogP contribution is 2.38. The van der Waals surface area contributed by atoms with Crippen LogP contribution in [0.1, 0.15) is 35.6 Å². The number of halogens is 5. The summed E-state index contributed by atoms with van der Waals surface area (Å²) in [4.78, 5) is -1.01. The second-order valence-electron chi connectivity index (χ2n) is 6.58. The van der Waals surface area contributed by atoms with Gasteiger partial charge in [-0.15, -0.1) is 0 Å². The van der Waals surface area contributed by atoms with Crippen LogP contribution in [0.4, 0.5) is 27.6 Å². The Morgan fingerprint density at radius 3 is 2.48 bits per heavy atom. The maximum Gasteiger partial charge on any atom is 0.417 e. The van der Waals surface area contributed by atoms with Crippen LogP contribution in [0.15, 0.2) is 41.3 Å². The van der Waals surface area contributed by atoms with Gasteiger partial charge in [-0.3, -0.25) is 0 Å². The van der Waals surface area contributed by atoms with E-state index in [1.807, 2.05) is 0 Å². The van der Waals surface area contributed by atoms with Gasteiger partial charge in [-0.25, -0.2) is 13.6 Å². The summed E-state index contributed by atoms with van der Waals surface area (Å²) in [6.07, 6.45) is -3.01. The molecule has 0 radical (unpaired) electrons. The number of ether oxygens (including phenoxy) is 1. The van der Waals surface area contributed by atoms with E-state index in [0.29, 0.717) is 25.3 Å². The molecule has 158 valence electrons. The molecule has 0 fully saturated rings. The van der Waals surface area contributed by atoms with Crippen LogP contribution in [0.25, 0.3) is 0 Å². The first-order valence-electron chi connectivity index (χ1n) is 8.53. The number of nitrogens with two attached hydrogens (primary N) is 1. The Morgan fingerprint density at radius 2 is 1.86 bits per heavy atom. The number of fused-ring (bicyclic) bond motifs is 1. The van der Waals surface area contributed by atoms with Crippen LogP contribution >= 0.6 is 0 Å². The number of aryl methyl sites for hydroxylation is 1. The third kappa shape index (κ3) is 4.96. The quantitative estimate of drug-likeness (QED) is 0.679. The molecule has 0 saturated carbocycles. The smallest absolute Gasteiger partial charge is 0.417 e. The van der Waals surface area contributed by atoms with Crippen LogP contribution in [0.2, 0.25) is 0 Å². The van der Waals surface area contributed by atoms with Gasteiger partial charge in [0.1, 0.15) is 5.75 Å². The summed E-state index contributed by atoms with van der Waals surface area (Å²) in [6.45, 7) is -2.95. The first kappa shape index (κ1) is 21.3. The highest BCUT2D eigenvalue weighted by Gasteiger charge is 2.37. The van der Waals surface area contributed by atoms with Crippen molar-refractivity contribution in [1.82, 2.24) is 0 Å². The molecule has 3 rings (SSSR count). The van der Waals surface area contributed by atoms with E-state index in [1.54, 1.807) is 6.07 Å². The fourth-order valence-corrected chi connectivity index (χ4v) is 4.15. The number of nitrogens with one attached hydrogen (secondary N) is 1. The van der Waals surface area contributed by atoms with Gasteiger partial charge in [-0.05, 0) is 60.7 Å². The third-order valence-electron chi connectivity index (χ3n) is 4.59. The molecule has 1 atom stereocenters. The lowest BCUT2D eigenvalue weighted by molar-refractivity contribution is -0.139. The van der Waals surface area contributed by atoms with E-state index < -0.39 is 33.3 Å². The molecule has 0 aliphatic heterocycles. The molecule has 3 N–H and O–H groups in total. The van der Waals surface area contributed by atoms with Crippen LogP contribution in [0, 0.1) is 0 Å². The SMILES string of the molecule is NS(=O)(=O)c1ccc(NC2CCCc3cc(OC(F)F)ccc32)cc1C(F)(F)F. The van der Waals surface area contributed by atoms with Crippen molar-refractivity contribution >= 4 is 15.7 Å². The van der Waals surface area contributed by atoms with Crippen molar-refractivity contribution in [2.45, 2.75) is 43.0 Å². The van der Waals surface area contributed by atoms with Gasteiger partial charge in [0.05, 0.1) is 16.5 Å². The fourth-order valence-electron chi connectivity index (χ4n) is 3.41. The van der Waals surface area contributed by atoms with Crippen LogP contribution in [-0.4, -0.2) is 15.0 Å². The number of hydrogen-bond donors (Lipinski definition) is 2. The Bertz CT molecular complexity index is 1010. The Hall–Kier alpha value is -2.40. The Balaban J connectivity index is 1.92. The van der Waals surface area contributed by atoms with Crippen molar-refractivity contribution in [2.75, 3.05) is 5.32 Å². The topological polar surface area (TPSA) is 81.4 Å². The van der Waals surface area contributed by atoms with Crippen LogP contribution in [-0.2, 0) is 22.6 Å². The fraction of sp³-hybridized carbons (Fsp3) is 0.333. The zero-order valence-corrected chi connectivity index (χ0v) is 15.7. The van der Waals surface area contributed by atoms with Crippen LogP contribution < -0.4 is 15.2 Å². The van der Waals surface area contributed by atoms with E-state index in [-0.39, 0.29) is 17.5 Å². The highest BCUT2D eigenvalue weighted by atomic mass is 32.2. The lowest BCUT2D eigenvalue weighted by atomic mass is 9.87. The summed E-state index contributed by atoms with van der Waals surface area (Å²) in [7, 11) is -4.55. The molecule has 2 aromatic carbocycles. The largest absolute Gasteiger partial charge is 0.435 e. The molecule has 29 heavy (non-hydrogen) atoms. The van der Waals surface area contributed by atoms with Gasteiger partial charge in [0.15, 0.2) is 0 Å². The molecule has 0 heterocycles. The zero-order chi connectivity index (χ0) is 21.4. The predicted molar refractivity (Wildman–Crippen MR) is 95.2 cm³/mol. The number of alkyl halides is 5. The van der Waals surface area contributed by atoms with Gasteiger partial charge in [0.2, 0.25) is 10.0 Å². The van der Waals surface area contributed by atoms with Crippen LogP contribution in [0.3, 0.4) is 0 Å². The van der Waals surface area contributed by atoms with Crippen molar-refractivity contribution in [1.29, 1.82) is 0 Å². The second kappa shape index (κ2) is 7.79. The summed E-state index contributed by atoms with van der Waals surface area (Å²) in [5.74, 6) is 0.0104. The summed E-state index contributed by atoms with van der Waals surface area (Å²) >= 11 is 0.